The molecule has 1 heterocycles. The molecule has 0 amide bonds. The summed E-state index contributed by atoms with van der Waals surface area (Å²) in [4.78, 5) is 5.54. The number of nitrogens with one attached hydrogen (secondary N) is 2. The van der Waals surface area contributed by atoms with E-state index in [9.17, 15) is 8.42 Å². The third-order valence-corrected chi connectivity index (χ3v) is 4.92. The summed E-state index contributed by atoms with van der Waals surface area (Å²) in [6.45, 7) is 4.91. The average molecular weight is 339 g/mol. The maximum absolute atomic E-state index is 11.3. The number of hydrogen-bond acceptors (Lipinski definition) is 5. The number of benzene rings is 1. The maximum atomic E-state index is 11.3. The van der Waals surface area contributed by atoms with Crippen LogP contribution in [-0.4, -0.2) is 19.7 Å². The van der Waals surface area contributed by atoms with Crippen molar-refractivity contribution < 1.29 is 8.42 Å². The minimum Gasteiger partial charge on any atom is -0.305 e. The van der Waals surface area contributed by atoms with Crippen LogP contribution in [0.4, 0.5) is 5.69 Å². The molecule has 1 aromatic carbocycles. The highest BCUT2D eigenvalue weighted by Gasteiger charge is 2.09. The number of thiazole rings is 1. The van der Waals surface area contributed by atoms with Crippen LogP contribution in [0.1, 0.15) is 35.3 Å². The Balaban J connectivity index is 1.99. The lowest BCUT2D eigenvalue weighted by atomic mass is 10.1. The molecule has 0 saturated heterocycles. The largest absolute Gasteiger partial charge is 0.305 e. The van der Waals surface area contributed by atoms with Crippen molar-refractivity contribution in [3.63, 3.8) is 0 Å². The predicted octanol–water partition coefficient (Wildman–Crippen LogP) is 2.93. The highest BCUT2D eigenvalue weighted by molar-refractivity contribution is 7.92. The van der Waals surface area contributed by atoms with E-state index in [2.05, 4.69) is 28.9 Å². The summed E-state index contributed by atoms with van der Waals surface area (Å²) in [5.41, 5.74) is 1.62. The Hall–Kier alpha value is -1.44. The minimum atomic E-state index is -3.25. The highest BCUT2D eigenvalue weighted by atomic mass is 32.2. The Bertz CT molecular complexity index is 726. The van der Waals surface area contributed by atoms with E-state index in [0.717, 1.165) is 29.8 Å². The SMILES string of the molecule is CCc1ncc(CNC(C)c2cccc(NS(C)(=O)=O)c2)s1. The van der Waals surface area contributed by atoms with Gasteiger partial charge in [-0.1, -0.05) is 19.1 Å². The van der Waals surface area contributed by atoms with E-state index in [1.807, 2.05) is 24.4 Å². The van der Waals surface area contributed by atoms with Gasteiger partial charge in [-0.05, 0) is 31.0 Å². The number of rotatable bonds is 7. The highest BCUT2D eigenvalue weighted by Crippen LogP contribution is 2.20. The Kier molecular flexibility index (Phi) is 5.55. The molecule has 0 bridgehead atoms. The molecule has 0 radical (unpaired) electrons. The first-order valence-electron chi connectivity index (χ1n) is 7.12. The predicted molar refractivity (Wildman–Crippen MR) is 91.7 cm³/mol. The number of aromatic nitrogens is 1. The van der Waals surface area contributed by atoms with Gasteiger partial charge in [-0.3, -0.25) is 4.72 Å². The fourth-order valence-electron chi connectivity index (χ4n) is 2.05. The van der Waals surface area contributed by atoms with Crippen LogP contribution in [-0.2, 0) is 23.0 Å². The lowest BCUT2D eigenvalue weighted by Crippen LogP contribution is -2.18. The van der Waals surface area contributed by atoms with Crippen molar-refractivity contribution in [3.05, 3.63) is 45.9 Å². The first kappa shape index (κ1) is 16.9. The Morgan fingerprint density at radius 2 is 2.14 bits per heavy atom. The van der Waals surface area contributed by atoms with E-state index in [4.69, 9.17) is 0 Å². The molecule has 120 valence electrons. The van der Waals surface area contributed by atoms with Gasteiger partial charge in [0.05, 0.1) is 11.3 Å². The molecule has 5 nitrogen and oxygen atoms in total. The molecule has 0 aliphatic heterocycles. The summed E-state index contributed by atoms with van der Waals surface area (Å²) in [6, 6.07) is 7.54. The lowest BCUT2D eigenvalue weighted by molar-refractivity contribution is 0.578. The summed E-state index contributed by atoms with van der Waals surface area (Å²) in [5, 5.41) is 4.58. The number of nitrogens with zero attached hydrogens (tertiary/aromatic N) is 1. The van der Waals surface area contributed by atoms with Crippen LogP contribution in [0.3, 0.4) is 0 Å². The standard InChI is InChI=1S/C15H21N3O2S2/c1-4-15-17-10-14(21-15)9-16-11(2)12-6-5-7-13(8-12)18-22(3,19)20/h5-8,10-11,16,18H,4,9H2,1-3H3. The van der Waals surface area contributed by atoms with Crippen molar-refractivity contribution in [3.8, 4) is 0 Å². The second-order valence-electron chi connectivity index (χ2n) is 5.18. The molecule has 1 aromatic heterocycles. The van der Waals surface area contributed by atoms with Gasteiger partial charge in [-0.25, -0.2) is 13.4 Å². The van der Waals surface area contributed by atoms with E-state index in [1.54, 1.807) is 17.4 Å². The molecular weight excluding hydrogens is 318 g/mol. The lowest BCUT2D eigenvalue weighted by Gasteiger charge is -2.15. The Morgan fingerprint density at radius 1 is 1.36 bits per heavy atom. The molecule has 0 aliphatic rings. The zero-order chi connectivity index (χ0) is 16.2. The normalized spacial score (nSPS) is 13.0. The molecule has 2 N–H and O–H groups in total. The van der Waals surface area contributed by atoms with Gasteiger partial charge in [0.15, 0.2) is 0 Å². The van der Waals surface area contributed by atoms with Gasteiger partial charge in [-0.2, -0.15) is 0 Å². The zero-order valence-electron chi connectivity index (χ0n) is 13.0. The topological polar surface area (TPSA) is 71.1 Å². The molecule has 2 rings (SSSR count). The number of anilines is 1. The minimum absolute atomic E-state index is 0.119. The first-order chi connectivity index (χ1) is 10.4. The smallest absolute Gasteiger partial charge is 0.229 e. The van der Waals surface area contributed by atoms with Crippen molar-refractivity contribution in [2.45, 2.75) is 32.9 Å². The molecule has 7 heteroatoms. The third-order valence-electron chi connectivity index (χ3n) is 3.18. The van der Waals surface area contributed by atoms with Gasteiger partial charge >= 0.3 is 0 Å². The summed E-state index contributed by atoms with van der Waals surface area (Å²) in [6.07, 6.45) is 4.01. The van der Waals surface area contributed by atoms with Crippen LogP contribution in [0.25, 0.3) is 0 Å². The molecule has 1 atom stereocenters. The van der Waals surface area contributed by atoms with Crippen LogP contribution in [0, 0.1) is 0 Å². The molecule has 0 fully saturated rings. The van der Waals surface area contributed by atoms with Gasteiger partial charge in [0.25, 0.3) is 0 Å². The van der Waals surface area contributed by atoms with Gasteiger partial charge in [0, 0.05) is 29.3 Å². The maximum Gasteiger partial charge on any atom is 0.229 e. The second kappa shape index (κ2) is 7.21. The summed E-state index contributed by atoms with van der Waals surface area (Å²) in [5.74, 6) is 0. The molecule has 22 heavy (non-hydrogen) atoms. The first-order valence-corrected chi connectivity index (χ1v) is 9.83. The van der Waals surface area contributed by atoms with Crippen LogP contribution < -0.4 is 10.0 Å². The molecular formula is C15H21N3O2S2. The van der Waals surface area contributed by atoms with Crippen molar-refractivity contribution in [2.24, 2.45) is 0 Å². The van der Waals surface area contributed by atoms with Crippen molar-refractivity contribution >= 4 is 27.0 Å². The molecule has 0 aliphatic carbocycles. The van der Waals surface area contributed by atoms with E-state index in [1.165, 1.54) is 4.88 Å². The van der Waals surface area contributed by atoms with E-state index in [-0.39, 0.29) is 6.04 Å². The van der Waals surface area contributed by atoms with Gasteiger partial charge in [0.1, 0.15) is 0 Å². The van der Waals surface area contributed by atoms with Crippen molar-refractivity contribution in [1.82, 2.24) is 10.3 Å². The fourth-order valence-corrected chi connectivity index (χ4v) is 3.42. The zero-order valence-corrected chi connectivity index (χ0v) is 14.6. The number of aryl methyl sites for hydroxylation is 1. The summed E-state index contributed by atoms with van der Waals surface area (Å²) < 4.78 is 25.1. The monoisotopic (exact) mass is 339 g/mol. The number of sulfonamides is 1. The number of hydrogen-bond donors (Lipinski definition) is 2. The van der Waals surface area contributed by atoms with Crippen LogP contribution in [0.5, 0.6) is 0 Å². The van der Waals surface area contributed by atoms with Gasteiger partial charge in [-0.15, -0.1) is 11.3 Å². The van der Waals surface area contributed by atoms with Crippen LogP contribution in [0.2, 0.25) is 0 Å². The van der Waals surface area contributed by atoms with E-state index >= 15 is 0 Å². The molecule has 0 spiro atoms. The fraction of sp³-hybridized carbons (Fsp3) is 0.400. The van der Waals surface area contributed by atoms with Crippen LogP contribution >= 0.6 is 11.3 Å². The Morgan fingerprint density at radius 3 is 2.77 bits per heavy atom. The quantitative estimate of drug-likeness (QED) is 0.813. The molecule has 0 saturated carbocycles. The van der Waals surface area contributed by atoms with Crippen LogP contribution in [0.15, 0.2) is 30.5 Å². The van der Waals surface area contributed by atoms with Gasteiger partial charge in [0.2, 0.25) is 10.0 Å². The summed E-state index contributed by atoms with van der Waals surface area (Å²) >= 11 is 1.72. The van der Waals surface area contributed by atoms with Crippen molar-refractivity contribution in [1.29, 1.82) is 0 Å². The average Bonchev–Trinajstić information content (AvgIpc) is 2.91. The summed E-state index contributed by atoms with van der Waals surface area (Å²) in [7, 11) is -3.25. The second-order valence-corrected chi connectivity index (χ2v) is 8.12. The van der Waals surface area contributed by atoms with Crippen molar-refractivity contribution in [2.75, 3.05) is 11.0 Å². The van der Waals surface area contributed by atoms with E-state index < -0.39 is 10.0 Å². The van der Waals surface area contributed by atoms with Gasteiger partial charge < -0.3 is 5.32 Å². The molecule has 2 aromatic rings. The Labute approximate surface area is 135 Å². The third kappa shape index (κ3) is 5.08. The van der Waals surface area contributed by atoms with E-state index in [0.29, 0.717) is 5.69 Å². The molecule has 1 unspecified atom stereocenters.